The summed E-state index contributed by atoms with van der Waals surface area (Å²) in [5.74, 6) is -1.17. The largest absolute Gasteiger partial charge is 0.494 e. The van der Waals surface area contributed by atoms with Crippen LogP contribution in [0.15, 0.2) is 60.4 Å². The summed E-state index contributed by atoms with van der Waals surface area (Å²) < 4.78 is 21.9. The van der Waals surface area contributed by atoms with E-state index in [-0.39, 0.29) is 42.5 Å². The minimum atomic E-state index is -0.809. The number of amides is 1. The third-order valence-electron chi connectivity index (χ3n) is 5.05. The first-order valence-electron chi connectivity index (χ1n) is 13.1. The monoisotopic (exact) mass is 525 g/mol. The Morgan fingerprint density at radius 3 is 2.18 bits per heavy atom. The first-order chi connectivity index (χ1) is 18.2. The van der Waals surface area contributed by atoms with Gasteiger partial charge in [0.25, 0.3) is 5.91 Å². The third kappa shape index (κ3) is 11.1. The molecule has 2 aromatic rings. The van der Waals surface area contributed by atoms with Crippen molar-refractivity contribution in [2.24, 2.45) is 11.8 Å². The van der Waals surface area contributed by atoms with Gasteiger partial charge in [0.15, 0.2) is 5.75 Å². The number of ether oxygens (including phenoxy) is 4. The fourth-order valence-electron chi connectivity index (χ4n) is 3.06. The van der Waals surface area contributed by atoms with Gasteiger partial charge >= 0.3 is 11.9 Å². The lowest BCUT2D eigenvalue weighted by Crippen LogP contribution is -2.19. The fraction of sp³-hybridized carbons (Fsp3) is 0.433. The number of anilines is 1. The van der Waals surface area contributed by atoms with Gasteiger partial charge in [-0.25, -0.2) is 9.59 Å². The standard InChI is InChI=1S/C30H39NO7/c1-6-7-10-17-35-24-15-13-23(14-16-24)29(33)31-25-11-8-9-12-26(25)38-27(30(34)37-20-22(4)5)18-28(32)36-19-21(2)3/h8-9,11-16,18,21-22H,6-7,10,17,19-20H2,1-5H3,(H,31,33)/b27-18-. The van der Waals surface area contributed by atoms with Crippen LogP contribution in [-0.2, 0) is 19.1 Å². The summed E-state index contributed by atoms with van der Waals surface area (Å²) in [6.45, 7) is 10.7. The van der Waals surface area contributed by atoms with Gasteiger partial charge in [0.1, 0.15) is 5.75 Å². The molecule has 0 fully saturated rings. The molecule has 0 aromatic heterocycles. The molecule has 0 aliphatic heterocycles. The molecule has 0 saturated heterocycles. The van der Waals surface area contributed by atoms with E-state index in [2.05, 4.69) is 12.2 Å². The number of para-hydroxylation sites is 2. The molecule has 0 heterocycles. The van der Waals surface area contributed by atoms with Crippen molar-refractivity contribution in [1.82, 2.24) is 0 Å². The minimum absolute atomic E-state index is 0.0906. The van der Waals surface area contributed by atoms with Crippen LogP contribution < -0.4 is 14.8 Å². The summed E-state index contributed by atoms with van der Waals surface area (Å²) in [5.41, 5.74) is 0.737. The van der Waals surface area contributed by atoms with Gasteiger partial charge in [-0.2, -0.15) is 0 Å². The second kappa shape index (κ2) is 16.1. The molecule has 38 heavy (non-hydrogen) atoms. The van der Waals surface area contributed by atoms with Crippen LogP contribution in [0, 0.1) is 11.8 Å². The van der Waals surface area contributed by atoms with E-state index in [4.69, 9.17) is 18.9 Å². The van der Waals surface area contributed by atoms with E-state index < -0.39 is 11.9 Å². The van der Waals surface area contributed by atoms with Crippen molar-refractivity contribution in [2.75, 3.05) is 25.1 Å². The van der Waals surface area contributed by atoms with E-state index >= 15 is 0 Å². The van der Waals surface area contributed by atoms with Crippen LogP contribution in [0.5, 0.6) is 11.5 Å². The Morgan fingerprint density at radius 2 is 1.53 bits per heavy atom. The molecule has 0 bridgehead atoms. The molecule has 2 aromatic carbocycles. The molecule has 2 rings (SSSR count). The highest BCUT2D eigenvalue weighted by Gasteiger charge is 2.20. The van der Waals surface area contributed by atoms with Crippen LogP contribution in [0.1, 0.15) is 64.2 Å². The normalized spacial score (nSPS) is 11.3. The molecule has 1 amide bonds. The molecule has 0 unspecified atom stereocenters. The Morgan fingerprint density at radius 1 is 0.868 bits per heavy atom. The summed E-state index contributed by atoms with van der Waals surface area (Å²) in [4.78, 5) is 37.9. The van der Waals surface area contributed by atoms with E-state index in [1.165, 1.54) is 0 Å². The van der Waals surface area contributed by atoms with E-state index in [0.29, 0.717) is 23.6 Å². The molecule has 0 spiro atoms. The maximum absolute atomic E-state index is 12.9. The lowest BCUT2D eigenvalue weighted by Gasteiger charge is -2.15. The molecular formula is C30H39NO7. The average molecular weight is 526 g/mol. The van der Waals surface area contributed by atoms with Gasteiger partial charge in [0.2, 0.25) is 5.76 Å². The molecule has 0 radical (unpaired) electrons. The summed E-state index contributed by atoms with van der Waals surface area (Å²) in [7, 11) is 0. The molecule has 0 aliphatic carbocycles. The first-order valence-corrected chi connectivity index (χ1v) is 13.1. The Balaban J connectivity index is 2.16. The molecule has 0 saturated carbocycles. The summed E-state index contributed by atoms with van der Waals surface area (Å²) >= 11 is 0. The van der Waals surface area contributed by atoms with Crippen LogP contribution in [0.3, 0.4) is 0 Å². The second-order valence-electron chi connectivity index (χ2n) is 9.66. The van der Waals surface area contributed by atoms with Crippen LogP contribution >= 0.6 is 0 Å². The lowest BCUT2D eigenvalue weighted by molar-refractivity contribution is -0.144. The number of nitrogens with one attached hydrogen (secondary N) is 1. The van der Waals surface area contributed by atoms with Crippen molar-refractivity contribution in [3.05, 3.63) is 65.9 Å². The van der Waals surface area contributed by atoms with Crippen molar-refractivity contribution >= 4 is 23.5 Å². The highest BCUT2D eigenvalue weighted by molar-refractivity contribution is 6.05. The predicted octanol–water partition coefficient (Wildman–Crippen LogP) is 6.17. The Bertz CT molecular complexity index is 1070. The molecular weight excluding hydrogens is 486 g/mol. The van der Waals surface area contributed by atoms with Gasteiger partial charge in [-0.05, 0) is 54.7 Å². The highest BCUT2D eigenvalue weighted by atomic mass is 16.6. The van der Waals surface area contributed by atoms with Crippen molar-refractivity contribution < 1.29 is 33.3 Å². The Kier molecular flexibility index (Phi) is 12.9. The molecule has 8 nitrogen and oxygen atoms in total. The van der Waals surface area contributed by atoms with Gasteiger partial charge < -0.3 is 24.3 Å². The van der Waals surface area contributed by atoms with Crippen molar-refractivity contribution in [3.8, 4) is 11.5 Å². The van der Waals surface area contributed by atoms with E-state index in [0.717, 1.165) is 25.3 Å². The number of benzene rings is 2. The Labute approximate surface area is 225 Å². The van der Waals surface area contributed by atoms with Gasteiger partial charge in [-0.1, -0.05) is 59.6 Å². The van der Waals surface area contributed by atoms with Gasteiger partial charge in [-0.15, -0.1) is 0 Å². The van der Waals surface area contributed by atoms with Crippen molar-refractivity contribution in [1.29, 1.82) is 0 Å². The maximum atomic E-state index is 12.9. The average Bonchev–Trinajstić information content (AvgIpc) is 2.89. The highest BCUT2D eigenvalue weighted by Crippen LogP contribution is 2.27. The molecule has 206 valence electrons. The van der Waals surface area contributed by atoms with Crippen LogP contribution in [0.25, 0.3) is 0 Å². The van der Waals surface area contributed by atoms with Crippen LogP contribution in [-0.4, -0.2) is 37.7 Å². The summed E-state index contributed by atoms with van der Waals surface area (Å²) in [6.07, 6.45) is 4.16. The first kappa shape index (κ1) is 30.4. The number of esters is 2. The number of hydrogen-bond acceptors (Lipinski definition) is 7. The van der Waals surface area contributed by atoms with E-state index in [1.54, 1.807) is 48.5 Å². The van der Waals surface area contributed by atoms with E-state index in [9.17, 15) is 14.4 Å². The number of carbonyl (C=O) groups is 3. The van der Waals surface area contributed by atoms with E-state index in [1.807, 2.05) is 27.7 Å². The van der Waals surface area contributed by atoms with Gasteiger partial charge in [-0.3, -0.25) is 4.79 Å². The zero-order valence-electron chi connectivity index (χ0n) is 23.0. The van der Waals surface area contributed by atoms with Crippen molar-refractivity contribution in [2.45, 2.75) is 53.9 Å². The zero-order valence-corrected chi connectivity index (χ0v) is 23.0. The summed E-state index contributed by atoms with van der Waals surface area (Å²) in [6, 6.07) is 13.4. The number of rotatable bonds is 15. The fourth-order valence-corrected chi connectivity index (χ4v) is 3.06. The van der Waals surface area contributed by atoms with Crippen molar-refractivity contribution in [3.63, 3.8) is 0 Å². The second-order valence-corrected chi connectivity index (χ2v) is 9.66. The topological polar surface area (TPSA) is 100 Å². The number of carbonyl (C=O) groups excluding carboxylic acids is 3. The van der Waals surface area contributed by atoms with Crippen LogP contribution in [0.4, 0.5) is 5.69 Å². The quantitative estimate of drug-likeness (QED) is 0.128. The van der Waals surface area contributed by atoms with Crippen LogP contribution in [0.2, 0.25) is 0 Å². The molecule has 8 heteroatoms. The predicted molar refractivity (Wildman–Crippen MR) is 146 cm³/mol. The molecule has 1 N–H and O–H groups in total. The molecule has 0 aliphatic rings. The van der Waals surface area contributed by atoms with Gasteiger partial charge in [0, 0.05) is 5.56 Å². The minimum Gasteiger partial charge on any atom is -0.494 e. The number of hydrogen-bond donors (Lipinski definition) is 1. The smallest absolute Gasteiger partial charge is 0.374 e. The lowest BCUT2D eigenvalue weighted by atomic mass is 10.2. The number of unbranched alkanes of at least 4 members (excludes halogenated alkanes) is 2. The Hall–Kier alpha value is -3.81. The van der Waals surface area contributed by atoms with Gasteiger partial charge in [0.05, 0.1) is 31.6 Å². The molecule has 0 atom stereocenters. The SMILES string of the molecule is CCCCCOc1ccc(C(=O)Nc2ccccc2O/C(=C\C(=O)OCC(C)C)C(=O)OCC(C)C)cc1. The maximum Gasteiger partial charge on any atom is 0.374 e. The summed E-state index contributed by atoms with van der Waals surface area (Å²) in [5, 5.41) is 2.79. The third-order valence-corrected chi connectivity index (χ3v) is 5.05. The zero-order chi connectivity index (χ0) is 27.9.